The smallest absolute Gasteiger partial charge is 0.270 e. The van der Waals surface area contributed by atoms with Gasteiger partial charge in [-0.1, -0.05) is 12.1 Å². The molecule has 9 nitrogen and oxygen atoms in total. The molecule has 9 heteroatoms. The summed E-state index contributed by atoms with van der Waals surface area (Å²) in [5.74, 6) is -1.14. The first-order valence-corrected chi connectivity index (χ1v) is 8.33. The molecule has 0 fully saturated rings. The van der Waals surface area contributed by atoms with Crippen LogP contribution in [0.4, 0.5) is 5.69 Å². The molecule has 0 radical (unpaired) electrons. The Kier molecular flexibility index (Phi) is 5.08. The van der Waals surface area contributed by atoms with Crippen LogP contribution in [0.25, 0.3) is 0 Å². The maximum atomic E-state index is 12.5. The molecule has 0 aliphatic carbocycles. The lowest BCUT2D eigenvalue weighted by Crippen LogP contribution is -2.40. The van der Waals surface area contributed by atoms with Crippen molar-refractivity contribution in [3.05, 3.63) is 69.3 Å². The predicted molar refractivity (Wildman–Crippen MR) is 97.9 cm³/mol. The van der Waals surface area contributed by atoms with Crippen LogP contribution in [0.2, 0.25) is 0 Å². The van der Waals surface area contributed by atoms with Gasteiger partial charge in [0.05, 0.1) is 23.2 Å². The molecule has 3 amide bonds. The van der Waals surface area contributed by atoms with Crippen molar-refractivity contribution in [1.29, 1.82) is 0 Å². The Morgan fingerprint density at radius 1 is 1.14 bits per heavy atom. The van der Waals surface area contributed by atoms with Crippen molar-refractivity contribution in [3.8, 4) is 5.75 Å². The summed E-state index contributed by atoms with van der Waals surface area (Å²) < 4.78 is 5.15. The van der Waals surface area contributed by atoms with Gasteiger partial charge < -0.3 is 9.64 Å². The number of likely N-dealkylation sites (N-methyl/N-ethyl adjacent to an activating group) is 1. The van der Waals surface area contributed by atoms with E-state index in [1.807, 2.05) is 6.07 Å². The fraction of sp³-hybridized carbons (Fsp3) is 0.211. The second kappa shape index (κ2) is 7.47. The van der Waals surface area contributed by atoms with Crippen LogP contribution in [0.3, 0.4) is 0 Å². The third-order valence-corrected chi connectivity index (χ3v) is 4.44. The third-order valence-electron chi connectivity index (χ3n) is 4.44. The Hall–Kier alpha value is -3.75. The number of carbonyl (C=O) groups excluding carboxylic acids is 3. The lowest BCUT2D eigenvalue weighted by Gasteiger charge is -2.21. The number of benzene rings is 2. The zero-order valence-electron chi connectivity index (χ0n) is 15.2. The van der Waals surface area contributed by atoms with Gasteiger partial charge in [0.15, 0.2) is 0 Å². The largest absolute Gasteiger partial charge is 0.497 e. The van der Waals surface area contributed by atoms with Crippen molar-refractivity contribution in [2.75, 3.05) is 20.7 Å². The van der Waals surface area contributed by atoms with Gasteiger partial charge in [-0.3, -0.25) is 29.4 Å². The second-order valence-electron chi connectivity index (χ2n) is 6.28. The van der Waals surface area contributed by atoms with Crippen LogP contribution in [0, 0.1) is 10.1 Å². The quantitative estimate of drug-likeness (QED) is 0.428. The highest BCUT2D eigenvalue weighted by Gasteiger charge is 2.38. The highest BCUT2D eigenvalue weighted by atomic mass is 16.6. The van der Waals surface area contributed by atoms with E-state index in [1.165, 1.54) is 11.0 Å². The molecule has 0 unspecified atom stereocenters. The number of amides is 3. The maximum Gasteiger partial charge on any atom is 0.270 e. The highest BCUT2D eigenvalue weighted by molar-refractivity contribution is 6.22. The second-order valence-corrected chi connectivity index (χ2v) is 6.28. The van der Waals surface area contributed by atoms with Gasteiger partial charge >= 0.3 is 0 Å². The van der Waals surface area contributed by atoms with Crippen LogP contribution in [-0.2, 0) is 11.3 Å². The highest BCUT2D eigenvalue weighted by Crippen LogP contribution is 2.26. The molecular formula is C19H17N3O6. The number of ether oxygens (including phenoxy) is 1. The predicted octanol–water partition coefficient (Wildman–Crippen LogP) is 1.86. The zero-order chi connectivity index (χ0) is 20.4. The Bertz CT molecular complexity index is 987. The van der Waals surface area contributed by atoms with E-state index in [4.69, 9.17) is 4.74 Å². The molecule has 0 saturated carbocycles. The summed E-state index contributed by atoms with van der Waals surface area (Å²) in [5.41, 5.74) is 0.526. The molecule has 0 N–H and O–H groups in total. The van der Waals surface area contributed by atoms with E-state index < -0.39 is 29.2 Å². The first-order chi connectivity index (χ1) is 13.3. The Morgan fingerprint density at radius 2 is 1.86 bits per heavy atom. The molecule has 0 aromatic heterocycles. The minimum absolute atomic E-state index is 0.0545. The van der Waals surface area contributed by atoms with Crippen molar-refractivity contribution >= 4 is 23.4 Å². The summed E-state index contributed by atoms with van der Waals surface area (Å²) in [4.78, 5) is 49.9. The molecule has 2 aromatic carbocycles. The number of non-ortho nitro benzene ring substituents is 1. The lowest BCUT2D eigenvalue weighted by molar-refractivity contribution is -0.384. The summed E-state index contributed by atoms with van der Waals surface area (Å²) in [7, 11) is 3.10. The van der Waals surface area contributed by atoms with Crippen LogP contribution in [0.1, 0.15) is 26.3 Å². The molecule has 3 rings (SSSR count). The molecule has 0 saturated heterocycles. The van der Waals surface area contributed by atoms with Crippen LogP contribution < -0.4 is 4.74 Å². The maximum absolute atomic E-state index is 12.5. The number of nitro benzene ring substituents is 1. The Balaban J connectivity index is 1.72. The fourth-order valence-corrected chi connectivity index (χ4v) is 2.92. The van der Waals surface area contributed by atoms with E-state index >= 15 is 0 Å². The van der Waals surface area contributed by atoms with Gasteiger partial charge in [-0.15, -0.1) is 0 Å². The van der Waals surface area contributed by atoms with Gasteiger partial charge in [0.2, 0.25) is 5.91 Å². The number of fused-ring (bicyclic) bond motifs is 1. The van der Waals surface area contributed by atoms with Crippen LogP contribution in [0.15, 0.2) is 42.5 Å². The number of hydrogen-bond donors (Lipinski definition) is 0. The molecule has 28 heavy (non-hydrogen) atoms. The third kappa shape index (κ3) is 3.54. The molecule has 2 aromatic rings. The van der Waals surface area contributed by atoms with E-state index in [-0.39, 0.29) is 23.4 Å². The van der Waals surface area contributed by atoms with E-state index in [9.17, 15) is 24.5 Å². The van der Waals surface area contributed by atoms with Gasteiger partial charge in [0.25, 0.3) is 17.5 Å². The number of carbonyl (C=O) groups is 3. The van der Waals surface area contributed by atoms with E-state index in [2.05, 4.69) is 0 Å². The number of rotatable bonds is 6. The minimum Gasteiger partial charge on any atom is -0.497 e. The standard InChI is InChI=1S/C19H17N3O6/c1-20(10-12-4-3-5-14(8-12)28-2)17(23)11-21-18(24)15-7-6-13(22(26)27)9-16(15)19(21)25/h3-9H,10-11H2,1-2H3. The van der Waals surface area contributed by atoms with Crippen LogP contribution in [0.5, 0.6) is 5.75 Å². The summed E-state index contributed by atoms with van der Waals surface area (Å²) >= 11 is 0. The summed E-state index contributed by atoms with van der Waals surface area (Å²) in [6, 6.07) is 10.6. The van der Waals surface area contributed by atoms with Crippen molar-refractivity contribution in [2.24, 2.45) is 0 Å². The van der Waals surface area contributed by atoms with Gasteiger partial charge in [-0.2, -0.15) is 0 Å². The number of methoxy groups -OCH3 is 1. The van der Waals surface area contributed by atoms with Crippen molar-refractivity contribution < 1.29 is 24.0 Å². The summed E-state index contributed by atoms with van der Waals surface area (Å²) in [6.07, 6.45) is 0. The van der Waals surface area contributed by atoms with Crippen LogP contribution >= 0.6 is 0 Å². The van der Waals surface area contributed by atoms with Crippen molar-refractivity contribution in [3.63, 3.8) is 0 Å². The van der Waals surface area contributed by atoms with Crippen molar-refractivity contribution in [1.82, 2.24) is 9.80 Å². The Labute approximate surface area is 160 Å². The minimum atomic E-state index is -0.716. The summed E-state index contributed by atoms with van der Waals surface area (Å²) in [6.45, 7) is -0.175. The van der Waals surface area contributed by atoms with Gasteiger partial charge in [-0.05, 0) is 23.8 Å². The first-order valence-electron chi connectivity index (χ1n) is 8.33. The topological polar surface area (TPSA) is 110 Å². The molecule has 1 heterocycles. The zero-order valence-corrected chi connectivity index (χ0v) is 15.2. The van der Waals surface area contributed by atoms with Crippen LogP contribution in [-0.4, -0.2) is 53.1 Å². The number of nitro groups is 1. The lowest BCUT2D eigenvalue weighted by atomic mass is 10.1. The molecule has 144 valence electrons. The fourth-order valence-electron chi connectivity index (χ4n) is 2.92. The average molecular weight is 383 g/mol. The number of hydrogen-bond acceptors (Lipinski definition) is 6. The summed E-state index contributed by atoms with van der Waals surface area (Å²) in [5, 5.41) is 10.9. The first kappa shape index (κ1) is 19.0. The molecule has 0 atom stereocenters. The molecular weight excluding hydrogens is 366 g/mol. The molecule has 0 spiro atoms. The number of imide groups is 1. The molecule has 1 aliphatic heterocycles. The van der Waals surface area contributed by atoms with Gasteiger partial charge in [0.1, 0.15) is 12.3 Å². The van der Waals surface area contributed by atoms with E-state index in [0.29, 0.717) is 5.75 Å². The van der Waals surface area contributed by atoms with Gasteiger partial charge in [-0.25, -0.2) is 0 Å². The normalized spacial score (nSPS) is 12.7. The van der Waals surface area contributed by atoms with E-state index in [1.54, 1.807) is 32.4 Å². The van der Waals surface area contributed by atoms with Crippen molar-refractivity contribution in [2.45, 2.75) is 6.54 Å². The monoisotopic (exact) mass is 383 g/mol. The number of nitrogens with zero attached hydrogens (tertiary/aromatic N) is 3. The molecule has 1 aliphatic rings. The Morgan fingerprint density at radius 3 is 2.54 bits per heavy atom. The SMILES string of the molecule is COc1cccc(CN(C)C(=O)CN2C(=O)c3ccc([N+](=O)[O-])cc3C2=O)c1. The van der Waals surface area contributed by atoms with Gasteiger partial charge in [0, 0.05) is 25.7 Å². The van der Waals surface area contributed by atoms with E-state index in [0.717, 1.165) is 22.6 Å². The average Bonchev–Trinajstić information content (AvgIpc) is 2.92. The molecule has 0 bridgehead atoms.